The number of furan rings is 1. The van der Waals surface area contributed by atoms with Crippen molar-refractivity contribution >= 4 is 23.7 Å². The average Bonchev–Trinajstić information content (AvgIpc) is 3.28. The number of hydrogen-bond donors (Lipinski definition) is 0. The first kappa shape index (κ1) is 17.7. The number of nitrogens with zero attached hydrogens (tertiary/aromatic N) is 4. The molecule has 0 aliphatic heterocycles. The van der Waals surface area contributed by atoms with Gasteiger partial charge in [-0.1, -0.05) is 23.9 Å². The molecule has 3 rings (SSSR count). The van der Waals surface area contributed by atoms with Crippen molar-refractivity contribution in [2.45, 2.75) is 18.6 Å². The summed E-state index contributed by atoms with van der Waals surface area (Å²) in [6.07, 6.45) is 1.65. The van der Waals surface area contributed by atoms with Crippen LogP contribution in [-0.4, -0.2) is 26.8 Å². The van der Waals surface area contributed by atoms with Crippen LogP contribution in [0.1, 0.15) is 12.7 Å². The van der Waals surface area contributed by atoms with Crippen molar-refractivity contribution < 1.29 is 14.1 Å². The first-order valence-electron chi connectivity index (χ1n) is 7.78. The van der Waals surface area contributed by atoms with E-state index in [1.54, 1.807) is 24.7 Å². The van der Waals surface area contributed by atoms with Gasteiger partial charge in [0.2, 0.25) is 0 Å². The zero-order valence-corrected chi connectivity index (χ0v) is 15.0. The van der Waals surface area contributed by atoms with Crippen molar-refractivity contribution in [2.75, 3.05) is 7.11 Å². The van der Waals surface area contributed by atoms with E-state index in [0.29, 0.717) is 17.5 Å². The lowest BCUT2D eigenvalue weighted by molar-refractivity contribution is -0.402. The summed E-state index contributed by atoms with van der Waals surface area (Å²) in [6, 6.07) is 10.5. The van der Waals surface area contributed by atoms with E-state index < -0.39 is 4.92 Å². The number of methoxy groups -OCH3 is 1. The molecule has 0 aliphatic rings. The Labute approximate surface area is 153 Å². The molecule has 0 unspecified atom stereocenters. The highest BCUT2D eigenvalue weighted by molar-refractivity contribution is 8.02. The van der Waals surface area contributed by atoms with Crippen LogP contribution >= 0.6 is 11.8 Å². The van der Waals surface area contributed by atoms with Crippen molar-refractivity contribution in [2.24, 2.45) is 0 Å². The van der Waals surface area contributed by atoms with Gasteiger partial charge in [-0.3, -0.25) is 10.1 Å². The Kier molecular flexibility index (Phi) is 5.37. The van der Waals surface area contributed by atoms with Gasteiger partial charge in [0.25, 0.3) is 0 Å². The second kappa shape index (κ2) is 7.87. The van der Waals surface area contributed by atoms with Crippen molar-refractivity contribution in [3.05, 3.63) is 57.7 Å². The summed E-state index contributed by atoms with van der Waals surface area (Å²) in [5.74, 6) is 1.56. The summed E-state index contributed by atoms with van der Waals surface area (Å²) < 4.78 is 12.5. The normalized spacial score (nSPS) is 11.2. The molecule has 2 aromatic heterocycles. The first-order valence-corrected chi connectivity index (χ1v) is 8.66. The molecule has 0 amide bonds. The maximum Gasteiger partial charge on any atom is 0.433 e. The molecule has 0 saturated carbocycles. The van der Waals surface area contributed by atoms with Gasteiger partial charge in [0, 0.05) is 6.54 Å². The summed E-state index contributed by atoms with van der Waals surface area (Å²) in [7, 11) is 1.62. The second-order valence-electron chi connectivity index (χ2n) is 5.10. The highest BCUT2D eigenvalue weighted by atomic mass is 32.2. The van der Waals surface area contributed by atoms with E-state index in [0.717, 1.165) is 17.1 Å². The summed E-state index contributed by atoms with van der Waals surface area (Å²) in [5.41, 5.74) is 0.863. The number of benzene rings is 1. The number of para-hydroxylation sites is 1. The van der Waals surface area contributed by atoms with Crippen molar-refractivity contribution in [1.82, 2.24) is 14.8 Å². The zero-order valence-electron chi connectivity index (χ0n) is 14.2. The van der Waals surface area contributed by atoms with Gasteiger partial charge in [0.1, 0.15) is 16.4 Å². The number of aromatic nitrogens is 3. The molecule has 0 fully saturated rings. The molecule has 8 nitrogen and oxygen atoms in total. The third-order valence-electron chi connectivity index (χ3n) is 3.58. The summed E-state index contributed by atoms with van der Waals surface area (Å²) in [4.78, 5) is 10.1. The highest BCUT2D eigenvalue weighted by Gasteiger charge is 2.16. The monoisotopic (exact) mass is 372 g/mol. The van der Waals surface area contributed by atoms with Gasteiger partial charge in [-0.25, -0.2) is 0 Å². The first-order chi connectivity index (χ1) is 12.6. The molecule has 0 aliphatic carbocycles. The van der Waals surface area contributed by atoms with Crippen LogP contribution in [0, 0.1) is 10.1 Å². The van der Waals surface area contributed by atoms with E-state index in [1.807, 2.05) is 35.8 Å². The predicted octanol–water partition coefficient (Wildman–Crippen LogP) is 4.24. The Hall–Kier alpha value is -3.07. The molecule has 0 spiro atoms. The predicted molar refractivity (Wildman–Crippen MR) is 97.9 cm³/mol. The maximum atomic E-state index is 10.6. The molecule has 3 aromatic rings. The van der Waals surface area contributed by atoms with Gasteiger partial charge in [0.15, 0.2) is 11.0 Å². The minimum atomic E-state index is -0.572. The Bertz CT molecular complexity index is 948. The number of rotatable bonds is 7. The van der Waals surface area contributed by atoms with Gasteiger partial charge in [-0.05, 0) is 36.6 Å². The third kappa shape index (κ3) is 3.62. The molecular weight excluding hydrogens is 356 g/mol. The molecule has 0 radical (unpaired) electrons. The van der Waals surface area contributed by atoms with Crippen LogP contribution in [0.3, 0.4) is 0 Å². The van der Waals surface area contributed by atoms with E-state index in [9.17, 15) is 10.1 Å². The van der Waals surface area contributed by atoms with Crippen molar-refractivity contribution in [1.29, 1.82) is 0 Å². The molecule has 9 heteroatoms. The van der Waals surface area contributed by atoms with Gasteiger partial charge in [-0.2, -0.15) is 0 Å². The third-order valence-corrected chi connectivity index (χ3v) is 4.36. The van der Waals surface area contributed by atoms with E-state index in [-0.39, 0.29) is 5.88 Å². The lowest BCUT2D eigenvalue weighted by Gasteiger charge is -2.09. The molecule has 134 valence electrons. The largest absolute Gasteiger partial charge is 0.496 e. The maximum absolute atomic E-state index is 10.6. The standard InChI is InChI=1S/C17H16N4O4S/c1-3-20-16(13-6-4-5-7-14(13)24-2)18-19-17(20)26-11-10-12-8-9-15(25-12)21(22)23/h4-11H,3H2,1-2H3/b11-10+. The van der Waals surface area contributed by atoms with Gasteiger partial charge < -0.3 is 13.7 Å². The van der Waals surface area contributed by atoms with Crippen LogP contribution in [0.5, 0.6) is 5.75 Å². The molecule has 0 N–H and O–H groups in total. The number of thioether (sulfide) groups is 1. The van der Waals surface area contributed by atoms with Crippen molar-refractivity contribution in [3.8, 4) is 17.1 Å². The lowest BCUT2D eigenvalue weighted by Crippen LogP contribution is -2.00. The van der Waals surface area contributed by atoms with E-state index in [1.165, 1.54) is 17.8 Å². The van der Waals surface area contributed by atoms with E-state index in [2.05, 4.69) is 10.2 Å². The molecule has 1 aromatic carbocycles. The summed E-state index contributed by atoms with van der Waals surface area (Å²) in [5, 5.41) is 21.6. The minimum absolute atomic E-state index is 0.287. The smallest absolute Gasteiger partial charge is 0.433 e. The number of hydrogen-bond acceptors (Lipinski definition) is 7. The fourth-order valence-corrected chi connectivity index (χ4v) is 3.14. The Morgan fingerprint density at radius 1 is 1.31 bits per heavy atom. The van der Waals surface area contributed by atoms with Gasteiger partial charge in [0.05, 0.1) is 18.7 Å². The minimum Gasteiger partial charge on any atom is -0.496 e. The zero-order chi connectivity index (χ0) is 18.5. The van der Waals surface area contributed by atoms with Crippen LogP contribution in [0.4, 0.5) is 5.88 Å². The van der Waals surface area contributed by atoms with Crippen LogP contribution in [0.25, 0.3) is 17.5 Å². The summed E-state index contributed by atoms with van der Waals surface area (Å²) in [6.45, 7) is 2.69. The van der Waals surface area contributed by atoms with E-state index >= 15 is 0 Å². The van der Waals surface area contributed by atoms with Crippen LogP contribution in [-0.2, 0) is 6.54 Å². The molecule has 26 heavy (non-hydrogen) atoms. The van der Waals surface area contributed by atoms with Crippen molar-refractivity contribution in [3.63, 3.8) is 0 Å². The lowest BCUT2D eigenvalue weighted by atomic mass is 10.2. The molecular formula is C17H16N4O4S. The Morgan fingerprint density at radius 2 is 2.12 bits per heavy atom. The fourth-order valence-electron chi connectivity index (χ4n) is 2.38. The fraction of sp³-hybridized carbons (Fsp3) is 0.176. The number of ether oxygens (including phenoxy) is 1. The topological polar surface area (TPSA) is 96.2 Å². The van der Waals surface area contributed by atoms with E-state index in [4.69, 9.17) is 9.15 Å². The molecule has 0 atom stereocenters. The quantitative estimate of drug-likeness (QED) is 0.348. The molecule has 2 heterocycles. The summed E-state index contributed by atoms with van der Waals surface area (Å²) >= 11 is 1.35. The Morgan fingerprint density at radius 3 is 2.81 bits per heavy atom. The Balaban J connectivity index is 1.82. The molecule has 0 saturated heterocycles. The average molecular weight is 372 g/mol. The molecule has 0 bridgehead atoms. The van der Waals surface area contributed by atoms with Gasteiger partial charge >= 0.3 is 5.88 Å². The SMILES string of the molecule is CCn1c(S/C=C/c2ccc([N+](=O)[O-])o2)nnc1-c1ccccc1OC. The van der Waals surface area contributed by atoms with Crippen LogP contribution < -0.4 is 4.74 Å². The van der Waals surface area contributed by atoms with Gasteiger partial charge in [-0.15, -0.1) is 10.2 Å². The van der Waals surface area contributed by atoms with Crippen LogP contribution in [0.15, 0.2) is 51.4 Å². The number of nitro groups is 1. The van der Waals surface area contributed by atoms with Crippen LogP contribution in [0.2, 0.25) is 0 Å². The highest BCUT2D eigenvalue weighted by Crippen LogP contribution is 2.31. The second-order valence-corrected chi connectivity index (χ2v) is 5.98.